The molecule has 3 rings (SSSR count). The summed E-state index contributed by atoms with van der Waals surface area (Å²) in [6.07, 6.45) is 1.86. The minimum atomic E-state index is 0.385. The fourth-order valence-corrected chi connectivity index (χ4v) is 3.71. The molecule has 0 N–H and O–H groups in total. The third-order valence-electron chi connectivity index (χ3n) is 4.26. The molecule has 1 aromatic heterocycles. The van der Waals surface area contributed by atoms with Gasteiger partial charge in [0.2, 0.25) is 0 Å². The minimum absolute atomic E-state index is 0.385. The maximum Gasteiger partial charge on any atom is 0.191 e. The molecule has 4 nitrogen and oxygen atoms in total. The molecular formula is C22H25N3OS. The van der Waals surface area contributed by atoms with Crippen LogP contribution >= 0.6 is 11.8 Å². The molecule has 0 saturated carbocycles. The van der Waals surface area contributed by atoms with Gasteiger partial charge in [0.05, 0.1) is 0 Å². The number of rotatable bonds is 8. The van der Waals surface area contributed by atoms with Gasteiger partial charge in [-0.2, -0.15) is 0 Å². The SMILES string of the molecule is C=CCn1c(COc2cc(C)ccc2C)nnc1SCc1cccc(C)c1. The Hall–Kier alpha value is -2.53. The summed E-state index contributed by atoms with van der Waals surface area (Å²) in [7, 11) is 0. The molecule has 0 aliphatic heterocycles. The molecule has 140 valence electrons. The van der Waals surface area contributed by atoms with Crippen LogP contribution in [0.15, 0.2) is 60.3 Å². The standard InChI is InChI=1S/C22H25N3OS/c1-5-11-25-21(14-26-20-13-17(3)9-10-18(20)4)23-24-22(25)27-15-19-8-6-7-16(2)12-19/h5-10,12-13H,1,11,14-15H2,2-4H3. The molecule has 0 atom stereocenters. The molecule has 1 heterocycles. The van der Waals surface area contributed by atoms with Crippen molar-refractivity contribution in [2.45, 2.75) is 44.8 Å². The van der Waals surface area contributed by atoms with Gasteiger partial charge in [0.25, 0.3) is 0 Å². The first kappa shape index (κ1) is 19.2. The van der Waals surface area contributed by atoms with Crippen molar-refractivity contribution >= 4 is 11.8 Å². The van der Waals surface area contributed by atoms with Gasteiger partial charge in [-0.1, -0.05) is 59.8 Å². The van der Waals surface area contributed by atoms with Crippen molar-refractivity contribution in [3.8, 4) is 5.75 Å². The van der Waals surface area contributed by atoms with E-state index in [1.165, 1.54) is 16.7 Å². The third-order valence-corrected chi connectivity index (χ3v) is 5.29. The number of allylic oxidation sites excluding steroid dienone is 1. The van der Waals surface area contributed by atoms with Gasteiger partial charge < -0.3 is 4.74 Å². The highest BCUT2D eigenvalue weighted by atomic mass is 32.2. The first-order valence-corrected chi connectivity index (χ1v) is 9.96. The molecule has 2 aromatic carbocycles. The monoisotopic (exact) mass is 379 g/mol. The zero-order chi connectivity index (χ0) is 19.2. The Kier molecular flexibility index (Phi) is 6.35. The van der Waals surface area contributed by atoms with E-state index < -0.39 is 0 Å². The van der Waals surface area contributed by atoms with Gasteiger partial charge in [-0.15, -0.1) is 16.8 Å². The summed E-state index contributed by atoms with van der Waals surface area (Å²) in [5.74, 6) is 2.55. The number of ether oxygens (including phenoxy) is 1. The summed E-state index contributed by atoms with van der Waals surface area (Å²) < 4.78 is 8.08. The van der Waals surface area contributed by atoms with Crippen LogP contribution in [0, 0.1) is 20.8 Å². The zero-order valence-corrected chi connectivity index (χ0v) is 16.9. The van der Waals surface area contributed by atoms with Crippen molar-refractivity contribution in [3.05, 3.63) is 83.2 Å². The molecule has 0 radical (unpaired) electrons. The molecule has 0 bridgehead atoms. The van der Waals surface area contributed by atoms with Crippen molar-refractivity contribution in [1.82, 2.24) is 14.8 Å². The molecule has 0 spiro atoms. The molecule has 0 unspecified atom stereocenters. The molecule has 0 amide bonds. The number of nitrogens with zero attached hydrogens (tertiary/aromatic N) is 3. The Balaban J connectivity index is 1.72. The first-order valence-electron chi connectivity index (χ1n) is 8.98. The van der Waals surface area contributed by atoms with E-state index in [4.69, 9.17) is 4.74 Å². The Morgan fingerprint density at radius 3 is 2.67 bits per heavy atom. The molecule has 3 aromatic rings. The van der Waals surface area contributed by atoms with E-state index in [1.807, 2.05) is 13.0 Å². The van der Waals surface area contributed by atoms with Gasteiger partial charge in [-0.05, 0) is 43.5 Å². The molecule has 0 aliphatic carbocycles. The fraction of sp³-hybridized carbons (Fsp3) is 0.273. The van der Waals surface area contributed by atoms with E-state index in [2.05, 4.69) is 77.7 Å². The van der Waals surface area contributed by atoms with Crippen molar-refractivity contribution < 1.29 is 4.74 Å². The quantitative estimate of drug-likeness (QED) is 0.395. The second-order valence-corrected chi connectivity index (χ2v) is 7.58. The summed E-state index contributed by atoms with van der Waals surface area (Å²) in [4.78, 5) is 0. The van der Waals surface area contributed by atoms with E-state index in [-0.39, 0.29) is 0 Å². The fourth-order valence-electron chi connectivity index (χ4n) is 2.80. The molecular weight excluding hydrogens is 354 g/mol. The van der Waals surface area contributed by atoms with Crippen molar-refractivity contribution in [2.24, 2.45) is 0 Å². The number of benzene rings is 2. The van der Waals surface area contributed by atoms with Crippen LogP contribution in [0.3, 0.4) is 0 Å². The Bertz CT molecular complexity index is 933. The third kappa shape index (κ3) is 5.01. The van der Waals surface area contributed by atoms with Gasteiger partial charge in [0.15, 0.2) is 11.0 Å². The normalized spacial score (nSPS) is 10.8. The van der Waals surface area contributed by atoms with Crippen molar-refractivity contribution in [1.29, 1.82) is 0 Å². The van der Waals surface area contributed by atoms with Gasteiger partial charge in [-0.25, -0.2) is 0 Å². The molecule has 27 heavy (non-hydrogen) atoms. The Labute approximate surface area is 165 Å². The van der Waals surface area contributed by atoms with Crippen molar-refractivity contribution in [2.75, 3.05) is 0 Å². The van der Waals surface area contributed by atoms with Crippen LogP contribution in [-0.4, -0.2) is 14.8 Å². The number of hydrogen-bond acceptors (Lipinski definition) is 4. The topological polar surface area (TPSA) is 39.9 Å². The van der Waals surface area contributed by atoms with Crippen LogP contribution in [-0.2, 0) is 18.9 Å². The zero-order valence-electron chi connectivity index (χ0n) is 16.1. The highest BCUT2D eigenvalue weighted by Crippen LogP contribution is 2.24. The predicted octanol–water partition coefficient (Wildman–Crippen LogP) is 5.26. The van der Waals surface area contributed by atoms with E-state index >= 15 is 0 Å². The lowest BCUT2D eigenvalue weighted by atomic mass is 10.1. The Morgan fingerprint density at radius 1 is 1.07 bits per heavy atom. The van der Waals surface area contributed by atoms with Crippen LogP contribution in [0.1, 0.15) is 28.1 Å². The number of thioether (sulfide) groups is 1. The molecule has 0 aliphatic rings. The van der Waals surface area contributed by atoms with Crippen LogP contribution in [0.5, 0.6) is 5.75 Å². The largest absolute Gasteiger partial charge is 0.485 e. The van der Waals surface area contributed by atoms with Gasteiger partial charge in [-0.3, -0.25) is 4.57 Å². The number of hydrogen-bond donors (Lipinski definition) is 0. The average molecular weight is 380 g/mol. The Morgan fingerprint density at radius 2 is 1.89 bits per heavy atom. The summed E-state index contributed by atoms with van der Waals surface area (Å²) in [5.41, 5.74) is 4.84. The average Bonchev–Trinajstić information content (AvgIpc) is 3.03. The minimum Gasteiger partial charge on any atom is -0.485 e. The van der Waals surface area contributed by atoms with Gasteiger partial charge in [0.1, 0.15) is 12.4 Å². The first-order chi connectivity index (χ1) is 13.1. The van der Waals surface area contributed by atoms with Crippen LogP contribution < -0.4 is 4.74 Å². The van der Waals surface area contributed by atoms with Gasteiger partial charge >= 0.3 is 0 Å². The van der Waals surface area contributed by atoms with Crippen LogP contribution in [0.4, 0.5) is 0 Å². The second-order valence-electron chi connectivity index (χ2n) is 6.63. The second kappa shape index (κ2) is 8.91. The number of aromatic nitrogens is 3. The van der Waals surface area contributed by atoms with Crippen LogP contribution in [0.25, 0.3) is 0 Å². The van der Waals surface area contributed by atoms with Crippen molar-refractivity contribution in [3.63, 3.8) is 0 Å². The molecule has 5 heteroatoms. The van der Waals surface area contributed by atoms with E-state index in [1.54, 1.807) is 11.8 Å². The highest BCUT2D eigenvalue weighted by molar-refractivity contribution is 7.98. The maximum absolute atomic E-state index is 6.02. The highest BCUT2D eigenvalue weighted by Gasteiger charge is 2.13. The predicted molar refractivity (Wildman–Crippen MR) is 111 cm³/mol. The molecule has 0 fully saturated rings. The smallest absolute Gasteiger partial charge is 0.191 e. The van der Waals surface area contributed by atoms with E-state index in [0.29, 0.717) is 13.2 Å². The summed E-state index contributed by atoms with van der Waals surface area (Å²) in [5, 5.41) is 9.61. The summed E-state index contributed by atoms with van der Waals surface area (Å²) >= 11 is 1.68. The van der Waals surface area contributed by atoms with Crippen LogP contribution in [0.2, 0.25) is 0 Å². The lowest BCUT2D eigenvalue weighted by Crippen LogP contribution is -2.08. The lowest BCUT2D eigenvalue weighted by molar-refractivity contribution is 0.287. The lowest BCUT2D eigenvalue weighted by Gasteiger charge is -2.11. The number of aryl methyl sites for hydroxylation is 3. The maximum atomic E-state index is 6.02. The van der Waals surface area contributed by atoms with E-state index in [9.17, 15) is 0 Å². The van der Waals surface area contributed by atoms with E-state index in [0.717, 1.165) is 28.0 Å². The van der Waals surface area contributed by atoms with Gasteiger partial charge in [0, 0.05) is 12.3 Å². The summed E-state index contributed by atoms with van der Waals surface area (Å²) in [6, 6.07) is 14.7. The molecule has 0 saturated heterocycles. The summed E-state index contributed by atoms with van der Waals surface area (Å²) in [6.45, 7) is 11.1.